The van der Waals surface area contributed by atoms with Gasteiger partial charge in [0, 0.05) is 32.7 Å². The quantitative estimate of drug-likeness (QED) is 0.190. The lowest BCUT2D eigenvalue weighted by Crippen LogP contribution is -2.47. The van der Waals surface area contributed by atoms with Crippen LogP contribution in [0, 0.1) is 0 Å². The highest BCUT2D eigenvalue weighted by atomic mass is 127. The fraction of sp³-hybridized carbons (Fsp3) is 0.696. The second kappa shape index (κ2) is 15.5. The second-order valence-corrected chi connectivity index (χ2v) is 7.77. The van der Waals surface area contributed by atoms with Gasteiger partial charge in [0.25, 0.3) is 0 Å². The summed E-state index contributed by atoms with van der Waals surface area (Å²) in [5, 5.41) is 7.06. The molecule has 0 aromatic heterocycles. The molecule has 1 aliphatic heterocycles. The van der Waals surface area contributed by atoms with Crippen molar-refractivity contribution in [2.75, 3.05) is 54.1 Å². The fourth-order valence-electron chi connectivity index (χ4n) is 3.80. The van der Waals surface area contributed by atoms with E-state index in [1.165, 1.54) is 24.8 Å². The van der Waals surface area contributed by atoms with Crippen LogP contribution in [-0.2, 0) is 4.74 Å². The predicted octanol–water partition coefficient (Wildman–Crippen LogP) is 3.83. The van der Waals surface area contributed by atoms with Gasteiger partial charge in [-0.2, -0.15) is 0 Å². The third kappa shape index (κ3) is 9.02. The van der Waals surface area contributed by atoms with Crippen LogP contribution in [0.4, 0.5) is 0 Å². The number of methoxy groups -OCH3 is 2. The van der Waals surface area contributed by atoms with Gasteiger partial charge in [-0.25, -0.2) is 0 Å². The van der Waals surface area contributed by atoms with Crippen LogP contribution < -0.4 is 20.1 Å². The highest BCUT2D eigenvalue weighted by Gasteiger charge is 2.24. The number of benzene rings is 1. The maximum atomic E-state index is 5.57. The number of rotatable bonds is 11. The normalized spacial score (nSPS) is 16.7. The molecule has 0 bridgehead atoms. The number of nitrogens with one attached hydrogen (secondary N) is 2. The molecule has 0 saturated carbocycles. The molecule has 0 spiro atoms. The zero-order valence-electron chi connectivity index (χ0n) is 19.8. The minimum atomic E-state index is 0. The number of ether oxygens (including phenoxy) is 3. The summed E-state index contributed by atoms with van der Waals surface area (Å²) in [7, 11) is 5.17. The van der Waals surface area contributed by atoms with Gasteiger partial charge >= 0.3 is 0 Å². The van der Waals surface area contributed by atoms with E-state index in [0.717, 1.165) is 56.7 Å². The summed E-state index contributed by atoms with van der Waals surface area (Å²) in [5.74, 6) is 2.34. The minimum Gasteiger partial charge on any atom is -0.493 e. The molecule has 1 fully saturated rings. The van der Waals surface area contributed by atoms with Gasteiger partial charge in [-0.3, -0.25) is 9.89 Å². The summed E-state index contributed by atoms with van der Waals surface area (Å²) < 4.78 is 16.5. The Kier molecular flexibility index (Phi) is 13.9. The first-order valence-corrected chi connectivity index (χ1v) is 11.1. The molecule has 8 heteroatoms. The lowest BCUT2D eigenvalue weighted by Gasteiger charge is -2.35. The molecule has 0 aliphatic carbocycles. The SMILES string of the molecule is CCCCCC(C)NC(=NC)NCC(c1ccc(OC)c(OC)c1)N1CCOCC1.I. The molecule has 1 aliphatic rings. The van der Waals surface area contributed by atoms with Crippen molar-refractivity contribution >= 4 is 29.9 Å². The van der Waals surface area contributed by atoms with Crippen LogP contribution in [-0.4, -0.2) is 71.0 Å². The van der Waals surface area contributed by atoms with Gasteiger partial charge in [0.15, 0.2) is 17.5 Å². The summed E-state index contributed by atoms with van der Waals surface area (Å²) in [6.07, 6.45) is 4.91. The molecule has 2 atom stereocenters. The Hall–Kier alpha value is -1.26. The first-order chi connectivity index (χ1) is 14.6. The van der Waals surface area contributed by atoms with Crippen molar-refractivity contribution in [2.24, 2.45) is 4.99 Å². The van der Waals surface area contributed by atoms with Crippen molar-refractivity contribution in [2.45, 2.75) is 51.6 Å². The number of aliphatic imine (C=N–C) groups is 1. The van der Waals surface area contributed by atoms with E-state index in [0.29, 0.717) is 6.04 Å². The zero-order valence-corrected chi connectivity index (χ0v) is 22.1. The number of nitrogens with zero attached hydrogens (tertiary/aromatic N) is 2. The van der Waals surface area contributed by atoms with Gasteiger partial charge in [-0.1, -0.05) is 32.3 Å². The average molecular weight is 549 g/mol. The maximum absolute atomic E-state index is 5.57. The number of unbranched alkanes of at least 4 members (excludes halogenated alkanes) is 2. The molecular formula is C23H41IN4O3. The van der Waals surface area contributed by atoms with Crippen LogP contribution in [0.1, 0.15) is 51.1 Å². The van der Waals surface area contributed by atoms with E-state index in [2.05, 4.69) is 46.5 Å². The van der Waals surface area contributed by atoms with E-state index in [4.69, 9.17) is 14.2 Å². The first-order valence-electron chi connectivity index (χ1n) is 11.1. The van der Waals surface area contributed by atoms with Crippen molar-refractivity contribution in [1.82, 2.24) is 15.5 Å². The molecule has 0 amide bonds. The number of hydrogen-bond acceptors (Lipinski definition) is 5. The summed E-state index contributed by atoms with van der Waals surface area (Å²) in [6, 6.07) is 6.75. The molecule has 1 heterocycles. The van der Waals surface area contributed by atoms with Crippen molar-refractivity contribution < 1.29 is 14.2 Å². The Morgan fingerprint density at radius 1 is 1.16 bits per heavy atom. The summed E-state index contributed by atoms with van der Waals surface area (Å²) >= 11 is 0. The first kappa shape index (κ1) is 27.8. The number of hydrogen-bond donors (Lipinski definition) is 2. The number of morpholine rings is 1. The Morgan fingerprint density at radius 2 is 1.87 bits per heavy atom. The van der Waals surface area contributed by atoms with Crippen molar-refractivity contribution in [3.8, 4) is 11.5 Å². The van der Waals surface area contributed by atoms with Crippen molar-refractivity contribution in [3.05, 3.63) is 23.8 Å². The van der Waals surface area contributed by atoms with Crippen molar-refractivity contribution in [1.29, 1.82) is 0 Å². The van der Waals surface area contributed by atoms with Crippen molar-refractivity contribution in [3.63, 3.8) is 0 Å². The predicted molar refractivity (Wildman–Crippen MR) is 138 cm³/mol. The summed E-state index contributed by atoms with van der Waals surface area (Å²) in [5.41, 5.74) is 1.19. The topological polar surface area (TPSA) is 67.4 Å². The van der Waals surface area contributed by atoms with E-state index >= 15 is 0 Å². The van der Waals surface area contributed by atoms with Gasteiger partial charge in [0.05, 0.1) is 33.5 Å². The van der Waals surface area contributed by atoms with Gasteiger partial charge in [-0.05, 0) is 31.0 Å². The molecule has 0 radical (unpaired) electrons. The molecule has 1 saturated heterocycles. The Labute approximate surface area is 205 Å². The van der Waals surface area contributed by atoms with E-state index in [1.807, 2.05) is 13.1 Å². The highest BCUT2D eigenvalue weighted by Crippen LogP contribution is 2.32. The highest BCUT2D eigenvalue weighted by molar-refractivity contribution is 14.0. The lowest BCUT2D eigenvalue weighted by atomic mass is 10.0. The molecule has 178 valence electrons. The van der Waals surface area contributed by atoms with Gasteiger partial charge in [0.2, 0.25) is 0 Å². The summed E-state index contributed by atoms with van der Waals surface area (Å²) in [4.78, 5) is 6.89. The second-order valence-electron chi connectivity index (χ2n) is 7.77. The molecule has 2 rings (SSSR count). The average Bonchev–Trinajstić information content (AvgIpc) is 2.79. The molecule has 31 heavy (non-hydrogen) atoms. The summed E-state index contributed by atoms with van der Waals surface area (Å²) in [6.45, 7) is 8.52. The van der Waals surface area contributed by atoms with Crippen LogP contribution in [0.25, 0.3) is 0 Å². The Morgan fingerprint density at radius 3 is 2.48 bits per heavy atom. The molecular weight excluding hydrogens is 507 g/mol. The molecule has 1 aromatic carbocycles. The smallest absolute Gasteiger partial charge is 0.191 e. The lowest BCUT2D eigenvalue weighted by molar-refractivity contribution is 0.0169. The third-order valence-corrected chi connectivity index (χ3v) is 5.59. The zero-order chi connectivity index (χ0) is 21.8. The number of halogens is 1. The maximum Gasteiger partial charge on any atom is 0.191 e. The van der Waals surface area contributed by atoms with E-state index in [9.17, 15) is 0 Å². The molecule has 2 N–H and O–H groups in total. The third-order valence-electron chi connectivity index (χ3n) is 5.59. The van der Waals surface area contributed by atoms with E-state index in [1.54, 1.807) is 14.2 Å². The molecule has 2 unspecified atom stereocenters. The fourth-order valence-corrected chi connectivity index (χ4v) is 3.80. The molecule has 1 aromatic rings. The Bertz CT molecular complexity index is 654. The van der Waals surface area contributed by atoms with Crippen LogP contribution in [0.5, 0.6) is 11.5 Å². The van der Waals surface area contributed by atoms with Crippen LogP contribution in [0.15, 0.2) is 23.2 Å². The van der Waals surface area contributed by atoms with Gasteiger partial charge in [-0.15, -0.1) is 24.0 Å². The Balaban J connectivity index is 0.00000480. The van der Waals surface area contributed by atoms with Crippen LogP contribution >= 0.6 is 24.0 Å². The monoisotopic (exact) mass is 548 g/mol. The van der Waals surface area contributed by atoms with Crippen LogP contribution in [0.3, 0.4) is 0 Å². The minimum absolute atomic E-state index is 0. The van der Waals surface area contributed by atoms with Gasteiger partial charge < -0.3 is 24.8 Å². The van der Waals surface area contributed by atoms with Crippen LogP contribution in [0.2, 0.25) is 0 Å². The van der Waals surface area contributed by atoms with E-state index in [-0.39, 0.29) is 30.0 Å². The molecule has 7 nitrogen and oxygen atoms in total. The largest absolute Gasteiger partial charge is 0.493 e. The standard InChI is InChI=1S/C23H40N4O3.HI/c1-6-7-8-9-18(2)26-23(24-3)25-17-20(27-12-14-30-15-13-27)19-10-11-21(28-4)22(16-19)29-5;/h10-11,16,18,20H,6-9,12-15,17H2,1-5H3,(H2,24,25,26);1H. The van der Waals surface area contributed by atoms with E-state index < -0.39 is 0 Å². The van der Waals surface area contributed by atoms with Gasteiger partial charge in [0.1, 0.15) is 0 Å². The number of guanidine groups is 1.